The van der Waals surface area contributed by atoms with Crippen molar-refractivity contribution in [1.82, 2.24) is 15.5 Å². The molecule has 1 heterocycles. The van der Waals surface area contributed by atoms with Crippen LogP contribution in [0.15, 0.2) is 0 Å². The topological polar surface area (TPSA) is 81.7 Å². The van der Waals surface area contributed by atoms with E-state index in [1.165, 1.54) is 0 Å². The summed E-state index contributed by atoms with van der Waals surface area (Å²) in [5.74, 6) is -0.998. The first-order valence-electron chi connectivity index (χ1n) is 6.88. The number of carboxylic acid groups (broad SMARTS) is 1. The van der Waals surface area contributed by atoms with Gasteiger partial charge in [0.15, 0.2) is 0 Å². The number of hydrogen-bond acceptors (Lipinski definition) is 3. The van der Waals surface area contributed by atoms with Crippen LogP contribution in [0.5, 0.6) is 0 Å². The summed E-state index contributed by atoms with van der Waals surface area (Å²) in [7, 11) is 2.04. The lowest BCUT2D eigenvalue weighted by atomic mass is 9.97. The molecule has 1 rings (SSSR count). The van der Waals surface area contributed by atoms with Crippen LogP contribution in [0.3, 0.4) is 0 Å². The average molecular weight is 271 g/mol. The molecule has 0 aliphatic carbocycles. The second-order valence-electron chi connectivity index (χ2n) is 5.50. The maximum atomic E-state index is 11.8. The zero-order valence-electron chi connectivity index (χ0n) is 12.0. The van der Waals surface area contributed by atoms with Crippen molar-refractivity contribution in [3.05, 3.63) is 0 Å². The third-order valence-electron chi connectivity index (χ3n) is 3.78. The lowest BCUT2D eigenvalue weighted by Gasteiger charge is -2.27. The highest BCUT2D eigenvalue weighted by molar-refractivity contribution is 5.85. The van der Waals surface area contributed by atoms with Gasteiger partial charge < -0.3 is 20.6 Å². The smallest absolute Gasteiger partial charge is 0.329 e. The molecule has 3 N–H and O–H groups in total. The van der Waals surface area contributed by atoms with Crippen LogP contribution in [0, 0.1) is 0 Å². The molecule has 0 aromatic heterocycles. The number of hydrogen-bond donors (Lipinski definition) is 3. The molecule has 0 spiro atoms. The standard InChI is InChI=1S/C13H25N3O3/c1-4-7-13(2,11(17)18)15-12(19)14-9-10-6-5-8-16(10)3/h10H,4-9H2,1-3H3,(H,17,18)(H2,14,15,19). The molecule has 6 heteroatoms. The average Bonchev–Trinajstić information content (AvgIpc) is 2.72. The van der Waals surface area contributed by atoms with Gasteiger partial charge in [0, 0.05) is 12.6 Å². The first-order chi connectivity index (χ1) is 8.89. The number of carboxylic acids is 1. The molecule has 2 unspecified atom stereocenters. The number of carbonyl (C=O) groups is 2. The molecule has 2 amide bonds. The third kappa shape index (κ3) is 4.38. The Kier molecular flexibility index (Phi) is 5.60. The van der Waals surface area contributed by atoms with E-state index in [9.17, 15) is 14.7 Å². The zero-order chi connectivity index (χ0) is 14.5. The number of rotatable bonds is 6. The molecule has 0 aromatic rings. The molecule has 0 radical (unpaired) electrons. The first-order valence-corrected chi connectivity index (χ1v) is 6.88. The summed E-state index contributed by atoms with van der Waals surface area (Å²) in [5.41, 5.74) is -1.19. The predicted octanol–water partition coefficient (Wildman–Crippen LogP) is 1.02. The van der Waals surface area contributed by atoms with Crippen LogP contribution in [0.4, 0.5) is 4.79 Å². The van der Waals surface area contributed by atoms with Crippen molar-refractivity contribution < 1.29 is 14.7 Å². The van der Waals surface area contributed by atoms with Gasteiger partial charge in [-0.2, -0.15) is 0 Å². The van der Waals surface area contributed by atoms with Crippen molar-refractivity contribution in [1.29, 1.82) is 0 Å². The van der Waals surface area contributed by atoms with E-state index < -0.39 is 17.5 Å². The van der Waals surface area contributed by atoms with E-state index in [4.69, 9.17) is 0 Å². The SMILES string of the molecule is CCCC(C)(NC(=O)NCC1CCCN1C)C(=O)O. The summed E-state index contributed by atoms with van der Waals surface area (Å²) in [6, 6.07) is -0.0494. The monoisotopic (exact) mass is 271 g/mol. The summed E-state index contributed by atoms with van der Waals surface area (Å²) >= 11 is 0. The first kappa shape index (κ1) is 15.8. The third-order valence-corrected chi connectivity index (χ3v) is 3.78. The van der Waals surface area contributed by atoms with Crippen molar-refractivity contribution in [3.8, 4) is 0 Å². The van der Waals surface area contributed by atoms with E-state index in [2.05, 4.69) is 15.5 Å². The van der Waals surface area contributed by atoms with Gasteiger partial charge in [0.2, 0.25) is 0 Å². The summed E-state index contributed by atoms with van der Waals surface area (Å²) in [5, 5.41) is 14.5. The number of carbonyl (C=O) groups excluding carboxylic acids is 1. The van der Waals surface area contributed by atoms with Crippen LogP contribution >= 0.6 is 0 Å². The maximum absolute atomic E-state index is 11.8. The highest BCUT2D eigenvalue weighted by atomic mass is 16.4. The number of aliphatic carboxylic acids is 1. The van der Waals surface area contributed by atoms with E-state index >= 15 is 0 Å². The quantitative estimate of drug-likeness (QED) is 0.674. The van der Waals surface area contributed by atoms with Crippen LogP contribution in [-0.2, 0) is 4.79 Å². The van der Waals surface area contributed by atoms with Gasteiger partial charge in [0.25, 0.3) is 0 Å². The molecule has 1 aliphatic rings. The normalized spacial score (nSPS) is 22.8. The van der Waals surface area contributed by atoms with Gasteiger partial charge in [-0.25, -0.2) is 9.59 Å². The molecule has 6 nitrogen and oxygen atoms in total. The summed E-state index contributed by atoms with van der Waals surface area (Å²) < 4.78 is 0. The summed E-state index contributed by atoms with van der Waals surface area (Å²) in [6.07, 6.45) is 3.34. The van der Waals surface area contributed by atoms with Crippen molar-refractivity contribution in [2.45, 2.75) is 51.1 Å². The van der Waals surface area contributed by atoms with Gasteiger partial charge in [-0.05, 0) is 39.8 Å². The number of amides is 2. The Hall–Kier alpha value is -1.30. The number of nitrogens with one attached hydrogen (secondary N) is 2. The number of likely N-dealkylation sites (N-methyl/N-ethyl adjacent to an activating group) is 1. The van der Waals surface area contributed by atoms with Gasteiger partial charge >= 0.3 is 12.0 Å². The lowest BCUT2D eigenvalue weighted by Crippen LogP contribution is -2.56. The van der Waals surface area contributed by atoms with Gasteiger partial charge in [0.05, 0.1) is 0 Å². The Balaban J connectivity index is 2.42. The van der Waals surface area contributed by atoms with Crippen LogP contribution in [0.2, 0.25) is 0 Å². The van der Waals surface area contributed by atoms with Gasteiger partial charge in [-0.1, -0.05) is 13.3 Å². The zero-order valence-corrected chi connectivity index (χ0v) is 12.0. The van der Waals surface area contributed by atoms with E-state index in [0.717, 1.165) is 19.4 Å². The van der Waals surface area contributed by atoms with Crippen LogP contribution < -0.4 is 10.6 Å². The Morgan fingerprint density at radius 2 is 2.16 bits per heavy atom. The van der Waals surface area contributed by atoms with Crippen LogP contribution in [0.25, 0.3) is 0 Å². The molecular weight excluding hydrogens is 246 g/mol. The fourth-order valence-electron chi connectivity index (χ4n) is 2.47. The van der Waals surface area contributed by atoms with E-state index in [1.807, 2.05) is 14.0 Å². The van der Waals surface area contributed by atoms with Crippen LogP contribution in [-0.4, -0.2) is 53.7 Å². The number of likely N-dealkylation sites (tertiary alicyclic amines) is 1. The van der Waals surface area contributed by atoms with Gasteiger partial charge in [-0.3, -0.25) is 0 Å². The molecule has 1 fully saturated rings. The Bertz CT molecular complexity index is 335. The fraction of sp³-hybridized carbons (Fsp3) is 0.846. The lowest BCUT2D eigenvalue weighted by molar-refractivity contribution is -0.144. The molecule has 0 aromatic carbocycles. The summed E-state index contributed by atoms with van der Waals surface area (Å²) in [4.78, 5) is 25.2. The Morgan fingerprint density at radius 1 is 1.47 bits per heavy atom. The highest BCUT2D eigenvalue weighted by Crippen LogP contribution is 2.14. The van der Waals surface area contributed by atoms with Crippen molar-refractivity contribution in [2.24, 2.45) is 0 Å². The second-order valence-corrected chi connectivity index (χ2v) is 5.50. The number of urea groups is 1. The molecule has 0 saturated carbocycles. The molecule has 0 bridgehead atoms. The second kappa shape index (κ2) is 6.75. The molecular formula is C13H25N3O3. The van der Waals surface area contributed by atoms with E-state index in [1.54, 1.807) is 6.92 Å². The van der Waals surface area contributed by atoms with Gasteiger partial charge in [-0.15, -0.1) is 0 Å². The molecule has 19 heavy (non-hydrogen) atoms. The minimum Gasteiger partial charge on any atom is -0.480 e. The van der Waals surface area contributed by atoms with Gasteiger partial charge in [0.1, 0.15) is 5.54 Å². The Labute approximate surface area is 114 Å². The molecule has 110 valence electrons. The largest absolute Gasteiger partial charge is 0.480 e. The summed E-state index contributed by atoms with van der Waals surface area (Å²) in [6.45, 7) is 5.05. The van der Waals surface area contributed by atoms with Crippen molar-refractivity contribution in [3.63, 3.8) is 0 Å². The van der Waals surface area contributed by atoms with E-state index in [0.29, 0.717) is 25.4 Å². The minimum atomic E-state index is -1.19. The van der Waals surface area contributed by atoms with Crippen LogP contribution in [0.1, 0.15) is 39.5 Å². The number of nitrogens with zero attached hydrogens (tertiary/aromatic N) is 1. The molecule has 2 atom stereocenters. The highest BCUT2D eigenvalue weighted by Gasteiger charge is 2.34. The molecule has 1 saturated heterocycles. The maximum Gasteiger partial charge on any atom is 0.329 e. The minimum absolute atomic E-state index is 0.355. The molecule has 1 aliphatic heterocycles. The Morgan fingerprint density at radius 3 is 2.63 bits per heavy atom. The van der Waals surface area contributed by atoms with Crippen molar-refractivity contribution in [2.75, 3.05) is 20.1 Å². The van der Waals surface area contributed by atoms with Crippen molar-refractivity contribution >= 4 is 12.0 Å². The fourth-order valence-corrected chi connectivity index (χ4v) is 2.47. The van der Waals surface area contributed by atoms with E-state index in [-0.39, 0.29) is 0 Å². The predicted molar refractivity (Wildman–Crippen MR) is 73.1 cm³/mol.